The SMILES string of the molecule is CCCCCC1CCC(c2ccc(SC)cc2)CC1. The molecular formula is C18H28S. The van der Waals surface area contributed by atoms with Crippen LogP contribution in [0.3, 0.4) is 0 Å². The van der Waals surface area contributed by atoms with Gasteiger partial charge in [-0.3, -0.25) is 0 Å². The van der Waals surface area contributed by atoms with Gasteiger partial charge in [0.25, 0.3) is 0 Å². The summed E-state index contributed by atoms with van der Waals surface area (Å²) in [4.78, 5) is 1.39. The predicted octanol–water partition coefficient (Wildman–Crippen LogP) is 6.26. The van der Waals surface area contributed by atoms with E-state index in [1.165, 1.54) is 56.3 Å². The summed E-state index contributed by atoms with van der Waals surface area (Å²) in [6, 6.07) is 9.28. The van der Waals surface area contributed by atoms with E-state index in [9.17, 15) is 0 Å². The number of rotatable bonds is 6. The first-order chi connectivity index (χ1) is 9.33. The van der Waals surface area contributed by atoms with E-state index in [4.69, 9.17) is 0 Å². The first-order valence-corrected chi connectivity index (χ1v) is 9.20. The molecule has 0 aromatic heterocycles. The normalized spacial score (nSPS) is 23.5. The Kier molecular flexibility index (Phi) is 6.30. The Morgan fingerprint density at radius 2 is 1.68 bits per heavy atom. The molecule has 106 valence electrons. The third-order valence-corrected chi connectivity index (χ3v) is 5.39. The van der Waals surface area contributed by atoms with Crippen LogP contribution in [0, 0.1) is 5.92 Å². The topological polar surface area (TPSA) is 0 Å². The Hall–Kier alpha value is -0.430. The zero-order valence-electron chi connectivity index (χ0n) is 12.5. The molecule has 0 bridgehead atoms. The molecule has 1 aliphatic rings. The molecule has 0 saturated heterocycles. The Bertz CT molecular complexity index is 346. The van der Waals surface area contributed by atoms with E-state index in [-0.39, 0.29) is 0 Å². The largest absolute Gasteiger partial charge is 0.130 e. The molecule has 0 radical (unpaired) electrons. The van der Waals surface area contributed by atoms with E-state index in [0.29, 0.717) is 0 Å². The minimum atomic E-state index is 0.832. The Balaban J connectivity index is 1.78. The van der Waals surface area contributed by atoms with E-state index in [1.54, 1.807) is 5.56 Å². The van der Waals surface area contributed by atoms with Crippen molar-refractivity contribution < 1.29 is 0 Å². The maximum Gasteiger partial charge on any atom is 0.00693 e. The lowest BCUT2D eigenvalue weighted by Crippen LogP contribution is -2.13. The van der Waals surface area contributed by atoms with Crippen molar-refractivity contribution in [2.75, 3.05) is 6.26 Å². The molecule has 0 amide bonds. The second kappa shape index (κ2) is 7.99. The standard InChI is InChI=1S/C18H28S/c1-3-4-5-6-15-7-9-16(10-8-15)17-11-13-18(19-2)14-12-17/h11-16H,3-10H2,1-2H3. The van der Waals surface area contributed by atoms with Gasteiger partial charge in [0.1, 0.15) is 0 Å². The van der Waals surface area contributed by atoms with Crippen molar-refractivity contribution in [2.45, 2.75) is 69.1 Å². The third-order valence-electron chi connectivity index (χ3n) is 4.65. The summed E-state index contributed by atoms with van der Waals surface area (Å²) in [6.07, 6.45) is 13.6. The quantitative estimate of drug-likeness (QED) is 0.436. The van der Waals surface area contributed by atoms with Crippen molar-refractivity contribution in [3.8, 4) is 0 Å². The number of unbranched alkanes of at least 4 members (excludes halogenated alkanes) is 2. The van der Waals surface area contributed by atoms with Crippen molar-refractivity contribution in [1.82, 2.24) is 0 Å². The lowest BCUT2D eigenvalue weighted by molar-refractivity contribution is 0.303. The number of hydrogen-bond donors (Lipinski definition) is 0. The molecule has 0 atom stereocenters. The van der Waals surface area contributed by atoms with Crippen molar-refractivity contribution in [2.24, 2.45) is 5.92 Å². The highest BCUT2D eigenvalue weighted by atomic mass is 32.2. The van der Waals surface area contributed by atoms with Gasteiger partial charge in [0.2, 0.25) is 0 Å². The summed E-state index contributed by atoms with van der Waals surface area (Å²) in [6.45, 7) is 2.30. The van der Waals surface area contributed by atoms with E-state index in [1.807, 2.05) is 11.8 Å². The minimum Gasteiger partial charge on any atom is -0.130 e. The summed E-state index contributed by atoms with van der Waals surface area (Å²) in [5, 5.41) is 0. The smallest absolute Gasteiger partial charge is 0.00693 e. The second-order valence-corrected chi connectivity index (χ2v) is 6.87. The molecule has 1 aromatic carbocycles. The van der Waals surface area contributed by atoms with E-state index >= 15 is 0 Å². The fourth-order valence-corrected chi connectivity index (χ4v) is 3.75. The number of benzene rings is 1. The molecule has 0 aliphatic heterocycles. The Morgan fingerprint density at radius 3 is 2.26 bits per heavy atom. The van der Waals surface area contributed by atoms with E-state index in [2.05, 4.69) is 37.4 Å². The molecule has 0 spiro atoms. The minimum absolute atomic E-state index is 0.832. The summed E-state index contributed by atoms with van der Waals surface area (Å²) in [5.41, 5.74) is 1.57. The van der Waals surface area contributed by atoms with Gasteiger partial charge in [-0.05, 0) is 61.5 Å². The van der Waals surface area contributed by atoms with Gasteiger partial charge in [0, 0.05) is 4.90 Å². The summed E-state index contributed by atoms with van der Waals surface area (Å²) in [7, 11) is 0. The van der Waals surface area contributed by atoms with Crippen LogP contribution in [0.4, 0.5) is 0 Å². The second-order valence-electron chi connectivity index (χ2n) is 5.99. The van der Waals surface area contributed by atoms with Gasteiger partial charge in [-0.1, -0.05) is 44.7 Å². The lowest BCUT2D eigenvalue weighted by atomic mass is 9.77. The van der Waals surface area contributed by atoms with Crippen LogP contribution >= 0.6 is 11.8 Å². The van der Waals surface area contributed by atoms with Gasteiger partial charge in [-0.2, -0.15) is 0 Å². The van der Waals surface area contributed by atoms with Crippen molar-refractivity contribution in [3.63, 3.8) is 0 Å². The highest BCUT2D eigenvalue weighted by Gasteiger charge is 2.21. The summed E-state index contributed by atoms with van der Waals surface area (Å²) >= 11 is 1.84. The molecule has 0 heterocycles. The molecule has 2 rings (SSSR count). The Morgan fingerprint density at radius 1 is 1.00 bits per heavy atom. The van der Waals surface area contributed by atoms with Gasteiger partial charge in [-0.15, -0.1) is 11.8 Å². The highest BCUT2D eigenvalue weighted by Crippen LogP contribution is 2.38. The molecule has 1 fully saturated rings. The lowest BCUT2D eigenvalue weighted by Gasteiger charge is -2.29. The predicted molar refractivity (Wildman–Crippen MR) is 87.1 cm³/mol. The molecule has 0 nitrogen and oxygen atoms in total. The maximum atomic E-state index is 2.36. The van der Waals surface area contributed by atoms with Crippen LogP contribution in [0.15, 0.2) is 29.2 Å². The van der Waals surface area contributed by atoms with E-state index < -0.39 is 0 Å². The van der Waals surface area contributed by atoms with E-state index in [0.717, 1.165) is 11.8 Å². The molecule has 1 saturated carbocycles. The monoisotopic (exact) mass is 276 g/mol. The van der Waals surface area contributed by atoms with Gasteiger partial charge in [0.05, 0.1) is 0 Å². The Labute approximate surface area is 123 Å². The highest BCUT2D eigenvalue weighted by molar-refractivity contribution is 7.98. The molecule has 19 heavy (non-hydrogen) atoms. The average molecular weight is 276 g/mol. The zero-order chi connectivity index (χ0) is 13.5. The molecule has 1 aromatic rings. The summed E-state index contributed by atoms with van der Waals surface area (Å²) < 4.78 is 0. The first-order valence-electron chi connectivity index (χ1n) is 7.97. The van der Waals surface area contributed by atoms with Gasteiger partial charge in [0.15, 0.2) is 0 Å². The molecule has 1 aliphatic carbocycles. The van der Waals surface area contributed by atoms with Crippen molar-refractivity contribution >= 4 is 11.8 Å². The molecular weight excluding hydrogens is 248 g/mol. The average Bonchev–Trinajstić information content (AvgIpc) is 2.48. The third kappa shape index (κ3) is 4.56. The summed E-state index contributed by atoms with van der Waals surface area (Å²) in [5.74, 6) is 1.85. The van der Waals surface area contributed by atoms with Crippen molar-refractivity contribution in [3.05, 3.63) is 29.8 Å². The first kappa shape index (κ1) is 15.0. The maximum absolute atomic E-state index is 2.36. The van der Waals surface area contributed by atoms with Crippen molar-refractivity contribution in [1.29, 1.82) is 0 Å². The van der Waals surface area contributed by atoms with Gasteiger partial charge in [-0.25, -0.2) is 0 Å². The van der Waals surface area contributed by atoms with Crippen LogP contribution in [0.5, 0.6) is 0 Å². The fourth-order valence-electron chi connectivity index (χ4n) is 3.34. The van der Waals surface area contributed by atoms with Crippen LogP contribution in [-0.4, -0.2) is 6.26 Å². The molecule has 0 N–H and O–H groups in total. The van der Waals surface area contributed by atoms with Crippen LogP contribution in [-0.2, 0) is 0 Å². The van der Waals surface area contributed by atoms with Gasteiger partial charge < -0.3 is 0 Å². The van der Waals surface area contributed by atoms with Crippen LogP contribution in [0.2, 0.25) is 0 Å². The van der Waals surface area contributed by atoms with Crippen LogP contribution < -0.4 is 0 Å². The fraction of sp³-hybridized carbons (Fsp3) is 0.667. The van der Waals surface area contributed by atoms with Gasteiger partial charge >= 0.3 is 0 Å². The van der Waals surface area contributed by atoms with Crippen LogP contribution in [0.25, 0.3) is 0 Å². The zero-order valence-corrected chi connectivity index (χ0v) is 13.3. The molecule has 0 unspecified atom stereocenters. The van der Waals surface area contributed by atoms with Crippen LogP contribution in [0.1, 0.15) is 69.8 Å². The number of thioether (sulfide) groups is 1. The number of hydrogen-bond acceptors (Lipinski definition) is 1. The molecule has 1 heteroatoms.